The highest BCUT2D eigenvalue weighted by Crippen LogP contribution is 1.97. The molecule has 0 bridgehead atoms. The third kappa shape index (κ3) is 3.47. The Morgan fingerprint density at radius 2 is 1.64 bits per heavy atom. The van der Waals surface area contributed by atoms with Crippen LogP contribution in [-0.2, 0) is 9.59 Å². The van der Waals surface area contributed by atoms with Gasteiger partial charge in [0.2, 0.25) is 0 Å². The largest absolute Gasteiger partial charge is 0.351 e. The first-order valence-corrected chi connectivity index (χ1v) is 4.30. The van der Waals surface area contributed by atoms with E-state index in [1.54, 1.807) is 0 Å². The maximum absolute atomic E-state index is 11.3. The minimum Gasteiger partial charge on any atom is -0.351 e. The summed E-state index contributed by atoms with van der Waals surface area (Å²) in [7, 11) is 2.92. The summed E-state index contributed by atoms with van der Waals surface area (Å²) < 4.78 is 0. The molecule has 2 N–H and O–H groups in total. The summed E-state index contributed by atoms with van der Waals surface area (Å²) in [6.07, 6.45) is 0. The lowest BCUT2D eigenvalue weighted by Crippen LogP contribution is -2.46. The molecular weight excluding hydrogens is 182 g/mol. The number of amides is 2. The van der Waals surface area contributed by atoms with Gasteiger partial charge in [0, 0.05) is 19.8 Å². The maximum Gasteiger partial charge on any atom is 0.329 e. The lowest BCUT2D eigenvalue weighted by atomic mass is 10.3. The van der Waals surface area contributed by atoms with E-state index in [-0.39, 0.29) is 0 Å². The van der Waals surface area contributed by atoms with E-state index in [0.717, 1.165) is 16.3 Å². The predicted octanol–water partition coefficient (Wildman–Crippen LogP) is 0.00920. The Morgan fingerprint density at radius 1 is 1.14 bits per heavy atom. The monoisotopic (exact) mass is 199 g/mol. The van der Waals surface area contributed by atoms with Gasteiger partial charge in [0.15, 0.2) is 0 Å². The van der Waals surface area contributed by atoms with Crippen LogP contribution in [0.25, 0.3) is 0 Å². The number of rotatable bonds is 2. The Kier molecular flexibility index (Phi) is 4.69. The third-order valence-corrected chi connectivity index (χ3v) is 1.81. The molecule has 0 fully saturated rings. The fraction of sp³-hybridized carbons (Fsp3) is 0.556. The fourth-order valence-electron chi connectivity index (χ4n) is 0.673. The number of nitrogens with one attached hydrogen (secondary N) is 2. The number of allylic oxidation sites excluding steroid dienone is 2. The van der Waals surface area contributed by atoms with Crippen molar-refractivity contribution in [3.05, 3.63) is 11.3 Å². The van der Waals surface area contributed by atoms with Gasteiger partial charge >= 0.3 is 11.8 Å². The number of hydrogen-bond donors (Lipinski definition) is 2. The van der Waals surface area contributed by atoms with Gasteiger partial charge in [-0.2, -0.15) is 0 Å². The van der Waals surface area contributed by atoms with Crippen molar-refractivity contribution in [2.24, 2.45) is 0 Å². The van der Waals surface area contributed by atoms with Crippen molar-refractivity contribution in [1.82, 2.24) is 15.8 Å². The van der Waals surface area contributed by atoms with E-state index in [1.807, 2.05) is 20.8 Å². The molecule has 0 aliphatic heterocycles. The molecule has 0 aliphatic carbocycles. The SMILES string of the molecule is CNC(=O)C(=O)N(C)NC(C)=C(C)C. The highest BCUT2D eigenvalue weighted by atomic mass is 16.2. The van der Waals surface area contributed by atoms with Crippen LogP contribution >= 0.6 is 0 Å². The molecule has 0 atom stereocenters. The molecule has 0 saturated heterocycles. The van der Waals surface area contributed by atoms with Crippen molar-refractivity contribution in [3.63, 3.8) is 0 Å². The second kappa shape index (κ2) is 5.26. The molecule has 0 radical (unpaired) electrons. The quantitative estimate of drug-likeness (QED) is 0.486. The van der Waals surface area contributed by atoms with Gasteiger partial charge in [-0.15, -0.1) is 0 Å². The number of nitrogens with zero attached hydrogens (tertiary/aromatic N) is 1. The van der Waals surface area contributed by atoms with Crippen molar-refractivity contribution in [2.75, 3.05) is 14.1 Å². The molecule has 0 aliphatic rings. The van der Waals surface area contributed by atoms with E-state index < -0.39 is 11.8 Å². The Bertz CT molecular complexity index is 267. The first kappa shape index (κ1) is 12.5. The molecule has 0 aromatic heterocycles. The number of hydrazine groups is 1. The lowest BCUT2D eigenvalue weighted by Gasteiger charge is -2.19. The number of likely N-dealkylation sites (N-methyl/N-ethyl adjacent to an activating group) is 2. The van der Waals surface area contributed by atoms with Gasteiger partial charge in [-0.25, -0.2) is 0 Å². The molecule has 0 saturated carbocycles. The molecule has 80 valence electrons. The predicted molar refractivity (Wildman–Crippen MR) is 54.0 cm³/mol. The second-order valence-electron chi connectivity index (χ2n) is 3.18. The summed E-state index contributed by atoms with van der Waals surface area (Å²) in [6.45, 7) is 5.67. The van der Waals surface area contributed by atoms with Crippen LogP contribution in [-0.4, -0.2) is 30.9 Å². The Morgan fingerprint density at radius 3 is 2.00 bits per heavy atom. The van der Waals surface area contributed by atoms with Crippen LogP contribution < -0.4 is 10.7 Å². The summed E-state index contributed by atoms with van der Waals surface area (Å²) in [5, 5.41) is 3.42. The molecule has 14 heavy (non-hydrogen) atoms. The minimum absolute atomic E-state index is 0.617. The van der Waals surface area contributed by atoms with Gasteiger partial charge < -0.3 is 10.7 Å². The average molecular weight is 199 g/mol. The summed E-state index contributed by atoms with van der Waals surface area (Å²) in [5.41, 5.74) is 4.71. The van der Waals surface area contributed by atoms with Crippen molar-refractivity contribution >= 4 is 11.8 Å². The fourth-order valence-corrected chi connectivity index (χ4v) is 0.673. The molecule has 2 amide bonds. The van der Waals surface area contributed by atoms with E-state index in [0.29, 0.717) is 0 Å². The van der Waals surface area contributed by atoms with Gasteiger partial charge in [0.05, 0.1) is 0 Å². The van der Waals surface area contributed by atoms with Crippen LogP contribution in [0.5, 0.6) is 0 Å². The Hall–Kier alpha value is -1.52. The number of carbonyl (C=O) groups is 2. The van der Waals surface area contributed by atoms with Gasteiger partial charge in [-0.3, -0.25) is 14.6 Å². The standard InChI is InChI=1S/C9H17N3O2/c1-6(2)7(3)11-12(5)9(14)8(13)10-4/h11H,1-5H3,(H,10,13). The summed E-state index contributed by atoms with van der Waals surface area (Å²) in [4.78, 5) is 22.2. The normalized spacial score (nSPS) is 8.93. The molecular formula is C9H17N3O2. The topological polar surface area (TPSA) is 61.4 Å². The van der Waals surface area contributed by atoms with Crippen molar-refractivity contribution < 1.29 is 9.59 Å². The van der Waals surface area contributed by atoms with Crippen LogP contribution in [0.1, 0.15) is 20.8 Å². The summed E-state index contributed by atoms with van der Waals surface area (Å²) >= 11 is 0. The van der Waals surface area contributed by atoms with Crippen LogP contribution in [0, 0.1) is 0 Å². The highest BCUT2D eigenvalue weighted by molar-refractivity contribution is 6.34. The molecule has 0 heterocycles. The van der Waals surface area contributed by atoms with Crippen LogP contribution in [0.4, 0.5) is 0 Å². The minimum atomic E-state index is -0.637. The van der Waals surface area contributed by atoms with Gasteiger partial charge in [0.1, 0.15) is 0 Å². The number of carbonyl (C=O) groups excluding carboxylic acids is 2. The Balaban J connectivity index is 4.37. The first-order chi connectivity index (χ1) is 6.40. The molecule has 0 aromatic carbocycles. The zero-order chi connectivity index (χ0) is 11.3. The first-order valence-electron chi connectivity index (χ1n) is 4.30. The van der Waals surface area contributed by atoms with Crippen molar-refractivity contribution in [3.8, 4) is 0 Å². The van der Waals surface area contributed by atoms with Gasteiger partial charge in [0.25, 0.3) is 0 Å². The third-order valence-electron chi connectivity index (χ3n) is 1.81. The maximum atomic E-state index is 11.3. The van der Waals surface area contributed by atoms with Gasteiger partial charge in [-0.1, -0.05) is 5.57 Å². The zero-order valence-corrected chi connectivity index (χ0v) is 9.26. The molecule has 0 rings (SSSR count). The summed E-state index contributed by atoms with van der Waals surface area (Å²) in [5.74, 6) is -1.25. The summed E-state index contributed by atoms with van der Waals surface area (Å²) in [6, 6.07) is 0. The van der Waals surface area contributed by atoms with E-state index in [9.17, 15) is 9.59 Å². The highest BCUT2D eigenvalue weighted by Gasteiger charge is 2.16. The molecule has 5 nitrogen and oxygen atoms in total. The molecule has 0 unspecified atom stereocenters. The molecule has 0 aromatic rings. The Labute approximate surface area is 84.1 Å². The number of hydrogen-bond acceptors (Lipinski definition) is 3. The average Bonchev–Trinajstić information content (AvgIpc) is 2.14. The van der Waals surface area contributed by atoms with E-state index in [1.165, 1.54) is 14.1 Å². The van der Waals surface area contributed by atoms with E-state index >= 15 is 0 Å². The van der Waals surface area contributed by atoms with Crippen molar-refractivity contribution in [2.45, 2.75) is 20.8 Å². The molecule has 5 heteroatoms. The second-order valence-corrected chi connectivity index (χ2v) is 3.18. The zero-order valence-electron chi connectivity index (χ0n) is 9.26. The van der Waals surface area contributed by atoms with Crippen molar-refractivity contribution in [1.29, 1.82) is 0 Å². The molecule has 0 spiro atoms. The van der Waals surface area contributed by atoms with E-state index in [4.69, 9.17) is 0 Å². The van der Waals surface area contributed by atoms with Crippen LogP contribution in [0.15, 0.2) is 11.3 Å². The lowest BCUT2D eigenvalue weighted by molar-refractivity contribution is -0.146. The van der Waals surface area contributed by atoms with E-state index in [2.05, 4.69) is 10.7 Å². The van der Waals surface area contributed by atoms with Crippen LogP contribution in [0.3, 0.4) is 0 Å². The smallest absolute Gasteiger partial charge is 0.329 e. The van der Waals surface area contributed by atoms with Gasteiger partial charge in [-0.05, 0) is 20.8 Å². The van der Waals surface area contributed by atoms with Crippen LogP contribution in [0.2, 0.25) is 0 Å².